The van der Waals surface area contributed by atoms with Gasteiger partial charge in [0.1, 0.15) is 5.75 Å². The molecule has 0 atom stereocenters. The van der Waals surface area contributed by atoms with E-state index in [2.05, 4.69) is 29.8 Å². The number of halogens is 2. The van der Waals surface area contributed by atoms with Crippen LogP contribution in [0, 0.1) is 0 Å². The van der Waals surface area contributed by atoms with Crippen LogP contribution in [0.25, 0.3) is 10.1 Å². The Morgan fingerprint density at radius 2 is 1.69 bits per heavy atom. The number of hydrogen-bond acceptors (Lipinski definition) is 4. The summed E-state index contributed by atoms with van der Waals surface area (Å²) in [6.07, 6.45) is 1.25. The number of thiophene rings is 1. The topological polar surface area (TPSA) is 46.6 Å². The number of benzene rings is 3. The monoisotopic (exact) mass is 591 g/mol. The van der Waals surface area contributed by atoms with E-state index in [1.807, 2.05) is 73.8 Å². The quantitative estimate of drug-likeness (QED) is 0.216. The summed E-state index contributed by atoms with van der Waals surface area (Å²) in [4.78, 5) is 0. The minimum Gasteiger partial charge on any atom is -0.491 e. The highest BCUT2D eigenvalue weighted by Gasteiger charge is 2.28. The van der Waals surface area contributed by atoms with Gasteiger partial charge in [0.25, 0.3) is 0 Å². The number of sulfonamides is 1. The van der Waals surface area contributed by atoms with Gasteiger partial charge in [0.15, 0.2) is 0 Å². The van der Waals surface area contributed by atoms with E-state index in [9.17, 15) is 8.42 Å². The van der Waals surface area contributed by atoms with Gasteiger partial charge >= 0.3 is 0 Å². The number of rotatable bonds is 7. The lowest BCUT2D eigenvalue weighted by molar-refractivity contribution is 0.242. The molecular weight excluding hydrogens is 566 g/mol. The van der Waals surface area contributed by atoms with Gasteiger partial charge in [0.05, 0.1) is 23.7 Å². The molecule has 184 valence electrons. The molecule has 0 N–H and O–H groups in total. The third kappa shape index (κ3) is 5.69. The van der Waals surface area contributed by atoms with E-state index in [1.165, 1.54) is 10.6 Å². The molecule has 0 aliphatic rings. The average Bonchev–Trinajstić information content (AvgIpc) is 3.19. The number of ether oxygens (including phenoxy) is 1. The predicted molar refractivity (Wildman–Crippen MR) is 152 cm³/mol. The molecule has 0 unspecified atom stereocenters. The molecule has 0 radical (unpaired) electrons. The van der Waals surface area contributed by atoms with Crippen LogP contribution in [0.15, 0.2) is 70.5 Å². The van der Waals surface area contributed by atoms with Crippen LogP contribution in [-0.2, 0) is 15.4 Å². The summed E-state index contributed by atoms with van der Waals surface area (Å²) in [5.74, 6) is 0.765. The molecule has 0 spiro atoms. The fourth-order valence-corrected chi connectivity index (χ4v) is 6.55. The van der Waals surface area contributed by atoms with E-state index < -0.39 is 15.4 Å². The van der Waals surface area contributed by atoms with Crippen molar-refractivity contribution in [1.82, 2.24) is 0 Å². The first-order chi connectivity index (χ1) is 16.3. The largest absolute Gasteiger partial charge is 0.491 e. The fraction of sp³-hybridized carbons (Fsp3) is 0.259. The Bertz CT molecular complexity index is 1500. The minimum absolute atomic E-state index is 0.0434. The van der Waals surface area contributed by atoms with E-state index in [-0.39, 0.29) is 6.10 Å². The van der Waals surface area contributed by atoms with Crippen LogP contribution in [0.1, 0.15) is 38.8 Å². The molecule has 0 bridgehead atoms. The second-order valence-electron chi connectivity index (χ2n) is 9.34. The highest BCUT2D eigenvalue weighted by molar-refractivity contribution is 9.10. The zero-order valence-electron chi connectivity index (χ0n) is 20.2. The first-order valence-corrected chi connectivity index (χ1v) is 15.0. The van der Waals surface area contributed by atoms with Crippen molar-refractivity contribution in [1.29, 1.82) is 0 Å². The second kappa shape index (κ2) is 9.77. The van der Waals surface area contributed by atoms with Crippen LogP contribution in [0.5, 0.6) is 5.75 Å². The highest BCUT2D eigenvalue weighted by atomic mass is 79.9. The molecule has 35 heavy (non-hydrogen) atoms. The van der Waals surface area contributed by atoms with Crippen molar-refractivity contribution < 1.29 is 13.2 Å². The van der Waals surface area contributed by atoms with Gasteiger partial charge in [-0.15, -0.1) is 11.3 Å². The van der Waals surface area contributed by atoms with Gasteiger partial charge in [-0.05, 0) is 96.4 Å². The lowest BCUT2D eigenvalue weighted by Crippen LogP contribution is -2.26. The zero-order valence-corrected chi connectivity index (χ0v) is 24.1. The van der Waals surface area contributed by atoms with E-state index in [0.717, 1.165) is 31.4 Å². The molecule has 8 heteroatoms. The highest BCUT2D eigenvalue weighted by Crippen LogP contribution is 2.40. The van der Waals surface area contributed by atoms with Crippen molar-refractivity contribution in [2.45, 2.75) is 39.2 Å². The SMILES string of the molecule is CC(C)Oc1cc(Br)cc(C(C)(C)c2cc(Cl)cc(N(c3ccc4sccc4c3)S(C)(=O)=O)c2)c1. The van der Waals surface area contributed by atoms with Crippen LogP contribution in [0.4, 0.5) is 11.4 Å². The molecular formula is C27H27BrClNO3S2. The molecule has 0 saturated heterocycles. The van der Waals surface area contributed by atoms with Crippen molar-refractivity contribution in [3.8, 4) is 5.75 Å². The van der Waals surface area contributed by atoms with Crippen LogP contribution < -0.4 is 9.04 Å². The Morgan fingerprint density at radius 1 is 0.971 bits per heavy atom. The summed E-state index contributed by atoms with van der Waals surface area (Å²) in [5, 5.41) is 3.45. The smallest absolute Gasteiger partial charge is 0.236 e. The van der Waals surface area contributed by atoms with Crippen LogP contribution in [0.3, 0.4) is 0 Å². The molecule has 1 heterocycles. The van der Waals surface area contributed by atoms with Crippen LogP contribution in [0.2, 0.25) is 5.02 Å². The molecule has 0 aliphatic carbocycles. The van der Waals surface area contributed by atoms with Crippen molar-refractivity contribution in [2.75, 3.05) is 10.6 Å². The Labute approximate surface area is 224 Å². The van der Waals surface area contributed by atoms with E-state index in [4.69, 9.17) is 16.3 Å². The predicted octanol–water partition coefficient (Wildman–Crippen LogP) is 8.53. The number of fused-ring (bicyclic) bond motifs is 1. The molecule has 0 saturated carbocycles. The second-order valence-corrected chi connectivity index (χ2v) is 13.5. The minimum atomic E-state index is -3.64. The Hall–Kier alpha value is -2.06. The number of hydrogen-bond donors (Lipinski definition) is 0. The first kappa shape index (κ1) is 26.0. The van der Waals surface area contributed by atoms with E-state index >= 15 is 0 Å². The summed E-state index contributed by atoms with van der Waals surface area (Å²) in [7, 11) is -3.64. The Morgan fingerprint density at radius 3 is 2.37 bits per heavy atom. The maximum atomic E-state index is 13.0. The summed E-state index contributed by atoms with van der Waals surface area (Å²) in [6, 6.07) is 19.1. The van der Waals surface area contributed by atoms with Gasteiger partial charge < -0.3 is 4.74 Å². The summed E-state index contributed by atoms with van der Waals surface area (Å²) in [5.41, 5.74) is 2.48. The molecule has 0 amide bonds. The molecule has 0 fully saturated rings. The maximum absolute atomic E-state index is 13.0. The zero-order chi connectivity index (χ0) is 25.5. The Kier molecular flexibility index (Phi) is 7.26. The first-order valence-electron chi connectivity index (χ1n) is 11.1. The van der Waals surface area contributed by atoms with Crippen LogP contribution in [-0.4, -0.2) is 20.8 Å². The molecule has 4 aromatic rings. The molecule has 4 rings (SSSR count). The summed E-state index contributed by atoms with van der Waals surface area (Å²) in [6.45, 7) is 8.15. The van der Waals surface area contributed by atoms with Gasteiger partial charge in [0.2, 0.25) is 10.0 Å². The number of anilines is 2. The van der Waals surface area contributed by atoms with Crippen molar-refractivity contribution >= 4 is 70.4 Å². The normalized spacial score (nSPS) is 12.3. The fourth-order valence-electron chi connectivity index (χ4n) is 4.10. The third-order valence-electron chi connectivity index (χ3n) is 5.81. The molecule has 3 aromatic carbocycles. The molecule has 4 nitrogen and oxygen atoms in total. The van der Waals surface area contributed by atoms with Crippen LogP contribution >= 0.6 is 38.9 Å². The van der Waals surface area contributed by atoms with Crippen molar-refractivity contribution in [3.63, 3.8) is 0 Å². The third-order valence-corrected chi connectivity index (χ3v) is 8.46. The summed E-state index contributed by atoms with van der Waals surface area (Å²) >= 11 is 11.8. The lowest BCUT2D eigenvalue weighted by atomic mass is 9.78. The van der Waals surface area contributed by atoms with E-state index in [0.29, 0.717) is 16.4 Å². The van der Waals surface area contributed by atoms with Gasteiger partial charge in [0, 0.05) is 19.6 Å². The van der Waals surface area contributed by atoms with Gasteiger partial charge in [-0.2, -0.15) is 0 Å². The average molecular weight is 593 g/mol. The van der Waals surface area contributed by atoms with Crippen molar-refractivity contribution in [2.24, 2.45) is 0 Å². The van der Waals surface area contributed by atoms with Crippen molar-refractivity contribution in [3.05, 3.63) is 86.7 Å². The Balaban J connectivity index is 1.84. The summed E-state index contributed by atoms with van der Waals surface area (Å²) < 4.78 is 35.3. The molecule has 0 aliphatic heterocycles. The standard InChI is InChI=1S/C27H27BrClNO3S2/c1-17(2)33-25-14-19(11-21(28)15-25)27(3,4)20-12-22(29)16-24(13-20)30(35(5,31)32)23-6-7-26-18(10-23)8-9-34-26/h6-17H,1-5H3. The van der Waals surface area contributed by atoms with E-state index in [1.54, 1.807) is 17.4 Å². The van der Waals surface area contributed by atoms with Gasteiger partial charge in [-0.3, -0.25) is 0 Å². The number of nitrogens with zero attached hydrogens (tertiary/aromatic N) is 1. The maximum Gasteiger partial charge on any atom is 0.236 e. The van der Waals surface area contributed by atoms with Gasteiger partial charge in [-0.25, -0.2) is 12.7 Å². The lowest BCUT2D eigenvalue weighted by Gasteiger charge is -2.30. The molecule has 1 aromatic heterocycles. The van der Waals surface area contributed by atoms with Gasteiger partial charge in [-0.1, -0.05) is 41.4 Å².